The zero-order valence-electron chi connectivity index (χ0n) is 11.3. The number of fused-ring (bicyclic) bond motifs is 2. The number of rotatable bonds is 2. The highest BCUT2D eigenvalue weighted by molar-refractivity contribution is 5.92. The zero-order chi connectivity index (χ0) is 14.4. The molecule has 0 aliphatic carbocycles. The van der Waals surface area contributed by atoms with E-state index in [0.717, 1.165) is 35.3 Å². The Balaban J connectivity index is 1.93. The Bertz CT molecular complexity index is 813. The van der Waals surface area contributed by atoms with E-state index in [-0.39, 0.29) is 0 Å². The van der Waals surface area contributed by atoms with Gasteiger partial charge in [-0.1, -0.05) is 12.1 Å². The SMILES string of the molecule is NC(=O)c1nn(-c2nc3ccccc3[nH]2)c2c1CNCC2. The van der Waals surface area contributed by atoms with Crippen molar-refractivity contribution in [3.63, 3.8) is 0 Å². The average molecular weight is 282 g/mol. The third-order valence-electron chi connectivity index (χ3n) is 3.74. The fraction of sp³-hybridized carbons (Fsp3) is 0.214. The Morgan fingerprint density at radius 2 is 2.19 bits per heavy atom. The summed E-state index contributed by atoms with van der Waals surface area (Å²) >= 11 is 0. The monoisotopic (exact) mass is 282 g/mol. The number of primary amides is 1. The maximum absolute atomic E-state index is 11.6. The van der Waals surface area contributed by atoms with Crippen LogP contribution in [0.1, 0.15) is 21.7 Å². The van der Waals surface area contributed by atoms with Gasteiger partial charge in [0.05, 0.1) is 16.7 Å². The molecule has 21 heavy (non-hydrogen) atoms. The molecule has 0 saturated carbocycles. The van der Waals surface area contributed by atoms with Crippen molar-refractivity contribution in [2.45, 2.75) is 13.0 Å². The summed E-state index contributed by atoms with van der Waals surface area (Å²) in [5.41, 5.74) is 9.41. The Kier molecular flexibility index (Phi) is 2.55. The van der Waals surface area contributed by atoms with E-state index in [2.05, 4.69) is 20.4 Å². The van der Waals surface area contributed by atoms with Gasteiger partial charge in [-0.05, 0) is 12.1 Å². The van der Waals surface area contributed by atoms with Crippen LogP contribution < -0.4 is 11.1 Å². The van der Waals surface area contributed by atoms with Gasteiger partial charge in [0.1, 0.15) is 0 Å². The number of hydrogen-bond acceptors (Lipinski definition) is 4. The highest BCUT2D eigenvalue weighted by Crippen LogP contribution is 2.22. The first-order chi connectivity index (χ1) is 10.2. The fourth-order valence-electron chi connectivity index (χ4n) is 2.76. The quantitative estimate of drug-likeness (QED) is 0.636. The molecule has 2 aromatic heterocycles. The van der Waals surface area contributed by atoms with Gasteiger partial charge in [-0.25, -0.2) is 9.67 Å². The number of nitrogens with one attached hydrogen (secondary N) is 2. The van der Waals surface area contributed by atoms with Gasteiger partial charge in [-0.3, -0.25) is 4.79 Å². The molecule has 3 aromatic rings. The second-order valence-electron chi connectivity index (χ2n) is 5.05. The lowest BCUT2D eigenvalue weighted by Gasteiger charge is -2.14. The van der Waals surface area contributed by atoms with E-state index < -0.39 is 5.91 Å². The Morgan fingerprint density at radius 1 is 1.33 bits per heavy atom. The van der Waals surface area contributed by atoms with Crippen LogP contribution in [0.5, 0.6) is 0 Å². The van der Waals surface area contributed by atoms with Crippen LogP contribution in [0.4, 0.5) is 0 Å². The Morgan fingerprint density at radius 3 is 3.00 bits per heavy atom. The number of nitrogens with two attached hydrogens (primary N) is 1. The van der Waals surface area contributed by atoms with Crippen molar-refractivity contribution in [3.8, 4) is 5.95 Å². The molecule has 0 radical (unpaired) electrons. The molecule has 1 amide bonds. The predicted molar refractivity (Wildman–Crippen MR) is 77.1 cm³/mol. The molecule has 1 aromatic carbocycles. The smallest absolute Gasteiger partial charge is 0.269 e. The zero-order valence-corrected chi connectivity index (χ0v) is 11.3. The topological polar surface area (TPSA) is 102 Å². The molecule has 1 aliphatic rings. The highest BCUT2D eigenvalue weighted by Gasteiger charge is 2.25. The van der Waals surface area contributed by atoms with Crippen molar-refractivity contribution >= 4 is 16.9 Å². The molecule has 0 fully saturated rings. The molecule has 0 unspecified atom stereocenters. The number of H-pyrrole nitrogens is 1. The third-order valence-corrected chi connectivity index (χ3v) is 3.74. The van der Waals surface area contributed by atoms with Gasteiger partial charge in [-0.2, -0.15) is 5.10 Å². The van der Waals surface area contributed by atoms with Crippen LogP contribution in [0.3, 0.4) is 0 Å². The molecule has 7 heteroatoms. The minimum Gasteiger partial charge on any atom is -0.364 e. The number of aromatic amines is 1. The van der Waals surface area contributed by atoms with Crippen molar-refractivity contribution < 1.29 is 4.79 Å². The van der Waals surface area contributed by atoms with Gasteiger partial charge < -0.3 is 16.0 Å². The molecule has 0 spiro atoms. The minimum absolute atomic E-state index is 0.317. The molecular weight excluding hydrogens is 268 g/mol. The second kappa shape index (κ2) is 4.42. The number of nitrogens with zero attached hydrogens (tertiary/aromatic N) is 3. The molecule has 106 valence electrons. The lowest BCUT2D eigenvalue weighted by molar-refractivity contribution is 0.0994. The summed E-state index contributed by atoms with van der Waals surface area (Å²) in [6, 6.07) is 7.77. The first kappa shape index (κ1) is 12.1. The van der Waals surface area contributed by atoms with E-state index >= 15 is 0 Å². The van der Waals surface area contributed by atoms with E-state index in [4.69, 9.17) is 5.73 Å². The summed E-state index contributed by atoms with van der Waals surface area (Å²) in [7, 11) is 0. The van der Waals surface area contributed by atoms with E-state index in [9.17, 15) is 4.79 Å². The molecule has 1 aliphatic heterocycles. The second-order valence-corrected chi connectivity index (χ2v) is 5.05. The molecule has 7 nitrogen and oxygen atoms in total. The molecule has 0 saturated heterocycles. The summed E-state index contributed by atoms with van der Waals surface area (Å²) < 4.78 is 1.70. The van der Waals surface area contributed by atoms with Crippen molar-refractivity contribution in [1.82, 2.24) is 25.1 Å². The van der Waals surface area contributed by atoms with Crippen LogP contribution in [-0.4, -0.2) is 32.2 Å². The number of carbonyl (C=O) groups excluding carboxylic acids is 1. The lowest BCUT2D eigenvalue weighted by atomic mass is 10.1. The van der Waals surface area contributed by atoms with Gasteiger partial charge >= 0.3 is 0 Å². The maximum Gasteiger partial charge on any atom is 0.269 e. The van der Waals surface area contributed by atoms with E-state index in [1.54, 1.807) is 4.68 Å². The predicted octanol–water partition coefficient (Wildman–Crippen LogP) is 0.493. The number of para-hydroxylation sites is 2. The van der Waals surface area contributed by atoms with Crippen molar-refractivity contribution in [2.24, 2.45) is 5.73 Å². The number of benzene rings is 1. The molecule has 4 rings (SSSR count). The largest absolute Gasteiger partial charge is 0.364 e. The Hall–Kier alpha value is -2.67. The van der Waals surface area contributed by atoms with Crippen LogP contribution in [0.25, 0.3) is 17.0 Å². The minimum atomic E-state index is -0.509. The van der Waals surface area contributed by atoms with Gasteiger partial charge in [0.15, 0.2) is 5.69 Å². The summed E-state index contributed by atoms with van der Waals surface area (Å²) in [6.07, 6.45) is 0.784. The number of imidazole rings is 1. The van der Waals surface area contributed by atoms with Crippen molar-refractivity contribution in [3.05, 3.63) is 41.2 Å². The van der Waals surface area contributed by atoms with Gasteiger partial charge in [-0.15, -0.1) is 0 Å². The van der Waals surface area contributed by atoms with Crippen LogP contribution >= 0.6 is 0 Å². The molecule has 4 N–H and O–H groups in total. The van der Waals surface area contributed by atoms with Crippen LogP contribution in [0.2, 0.25) is 0 Å². The molecule has 0 atom stereocenters. The average Bonchev–Trinajstić information content (AvgIpc) is 3.08. The highest BCUT2D eigenvalue weighted by atomic mass is 16.1. The standard InChI is InChI=1S/C14H14N6O/c15-13(21)12-8-7-16-6-5-11(8)20(19-12)14-17-9-3-1-2-4-10(9)18-14/h1-4,16H,5-7H2,(H2,15,21)(H,17,18). The van der Waals surface area contributed by atoms with Crippen LogP contribution in [0.15, 0.2) is 24.3 Å². The van der Waals surface area contributed by atoms with Gasteiger partial charge in [0.25, 0.3) is 5.91 Å². The molecule has 0 bridgehead atoms. The lowest BCUT2D eigenvalue weighted by Crippen LogP contribution is -2.26. The van der Waals surface area contributed by atoms with Gasteiger partial charge in [0.2, 0.25) is 5.95 Å². The van der Waals surface area contributed by atoms with Crippen molar-refractivity contribution in [2.75, 3.05) is 6.54 Å². The fourth-order valence-corrected chi connectivity index (χ4v) is 2.76. The first-order valence-electron chi connectivity index (χ1n) is 6.80. The molecular formula is C14H14N6O. The summed E-state index contributed by atoms with van der Waals surface area (Å²) in [5, 5.41) is 7.60. The molecule has 3 heterocycles. The van der Waals surface area contributed by atoms with Gasteiger partial charge in [0, 0.05) is 25.1 Å². The third kappa shape index (κ3) is 1.82. The van der Waals surface area contributed by atoms with Crippen molar-refractivity contribution in [1.29, 1.82) is 0 Å². The number of carbonyl (C=O) groups is 1. The van der Waals surface area contributed by atoms with E-state index in [1.807, 2.05) is 24.3 Å². The summed E-state index contributed by atoms with van der Waals surface area (Å²) in [5.74, 6) is 0.103. The summed E-state index contributed by atoms with van der Waals surface area (Å²) in [4.78, 5) is 19.3. The Labute approximate surface area is 120 Å². The van der Waals surface area contributed by atoms with Crippen LogP contribution in [-0.2, 0) is 13.0 Å². The maximum atomic E-state index is 11.6. The van der Waals surface area contributed by atoms with Crippen LogP contribution in [0, 0.1) is 0 Å². The number of amides is 1. The van der Waals surface area contributed by atoms with E-state index in [1.165, 1.54) is 0 Å². The summed E-state index contributed by atoms with van der Waals surface area (Å²) in [6.45, 7) is 1.45. The normalized spacial score (nSPS) is 14.3. The first-order valence-corrected chi connectivity index (χ1v) is 6.80. The number of hydrogen-bond donors (Lipinski definition) is 3. The number of aromatic nitrogens is 4. The van der Waals surface area contributed by atoms with E-state index in [0.29, 0.717) is 18.2 Å².